The highest BCUT2D eigenvalue weighted by molar-refractivity contribution is 5.95. The first-order valence-corrected chi connectivity index (χ1v) is 6.65. The monoisotopic (exact) mass is 302 g/mol. The number of amides is 1. The van der Waals surface area contributed by atoms with E-state index in [0.717, 1.165) is 14.9 Å². The lowest BCUT2D eigenvalue weighted by atomic mass is 10.2. The van der Waals surface area contributed by atoms with Gasteiger partial charge in [-0.2, -0.15) is 9.67 Å². The van der Waals surface area contributed by atoms with E-state index in [1.165, 1.54) is 12.0 Å². The number of aromatic nitrogens is 3. The lowest BCUT2D eigenvalue weighted by Gasteiger charge is -2.16. The second kappa shape index (κ2) is 5.14. The second-order valence-corrected chi connectivity index (χ2v) is 4.96. The highest BCUT2D eigenvalue weighted by atomic mass is 16.5. The standard InChI is InChI=1S/C14H14N4O4/c1-9-4-3-5-10(6-9)16-7-11-15-13(20)17(8-12(19)22-2)18(11)14(16)21/h3-6H,7-8H2,1-2H3. The Morgan fingerprint density at radius 1 is 1.36 bits per heavy atom. The number of esters is 1. The van der Waals surface area contributed by atoms with Gasteiger partial charge in [0.15, 0.2) is 5.82 Å². The molecule has 0 unspecified atom stereocenters. The fourth-order valence-electron chi connectivity index (χ4n) is 2.40. The molecule has 0 N–H and O–H groups in total. The summed E-state index contributed by atoms with van der Waals surface area (Å²) in [5, 5.41) is 0. The number of carbonyl (C=O) groups is 2. The van der Waals surface area contributed by atoms with Gasteiger partial charge >= 0.3 is 17.7 Å². The smallest absolute Gasteiger partial charge is 0.365 e. The van der Waals surface area contributed by atoms with E-state index < -0.39 is 17.7 Å². The number of methoxy groups -OCH3 is 1. The van der Waals surface area contributed by atoms with Crippen molar-refractivity contribution in [3.63, 3.8) is 0 Å². The van der Waals surface area contributed by atoms with Crippen molar-refractivity contribution in [2.75, 3.05) is 12.0 Å². The minimum absolute atomic E-state index is 0.186. The molecule has 114 valence electrons. The van der Waals surface area contributed by atoms with Crippen LogP contribution in [0.5, 0.6) is 0 Å². The molecule has 2 heterocycles. The summed E-state index contributed by atoms with van der Waals surface area (Å²) in [5.74, 6) is -0.313. The number of aryl methyl sites for hydroxylation is 1. The average Bonchev–Trinajstić information content (AvgIpc) is 2.96. The molecule has 0 saturated heterocycles. The Kier molecular flexibility index (Phi) is 3.28. The zero-order valence-electron chi connectivity index (χ0n) is 12.1. The topological polar surface area (TPSA) is 86.4 Å². The summed E-state index contributed by atoms with van der Waals surface area (Å²) in [6.07, 6.45) is 0. The van der Waals surface area contributed by atoms with Gasteiger partial charge in [0.05, 0.1) is 13.7 Å². The molecular formula is C14H14N4O4. The largest absolute Gasteiger partial charge is 0.468 e. The van der Waals surface area contributed by atoms with Crippen LogP contribution in [-0.4, -0.2) is 33.5 Å². The summed E-state index contributed by atoms with van der Waals surface area (Å²) in [7, 11) is 1.22. The third kappa shape index (κ3) is 2.18. The third-order valence-electron chi connectivity index (χ3n) is 3.46. The van der Waals surface area contributed by atoms with Crippen LogP contribution in [0.25, 0.3) is 0 Å². The number of benzene rings is 1. The SMILES string of the molecule is COC(=O)Cn1c(=O)nc2n1C(=O)N(c1cccc(C)c1)C2. The third-order valence-corrected chi connectivity index (χ3v) is 3.46. The van der Waals surface area contributed by atoms with E-state index in [0.29, 0.717) is 11.5 Å². The molecule has 8 heteroatoms. The molecule has 3 rings (SSSR count). The molecule has 1 aliphatic heterocycles. The van der Waals surface area contributed by atoms with Crippen LogP contribution in [0.4, 0.5) is 10.5 Å². The van der Waals surface area contributed by atoms with E-state index in [4.69, 9.17) is 0 Å². The number of carbonyl (C=O) groups excluding carboxylic acids is 2. The summed E-state index contributed by atoms with van der Waals surface area (Å²) in [6, 6.07) is 7.03. The lowest BCUT2D eigenvalue weighted by Crippen LogP contribution is -2.35. The molecule has 1 amide bonds. The molecule has 0 spiro atoms. The molecule has 0 bridgehead atoms. The van der Waals surface area contributed by atoms with E-state index in [1.807, 2.05) is 25.1 Å². The minimum atomic E-state index is -0.641. The molecule has 0 fully saturated rings. The van der Waals surface area contributed by atoms with Crippen molar-refractivity contribution < 1.29 is 14.3 Å². The van der Waals surface area contributed by atoms with Gasteiger partial charge in [0.25, 0.3) is 0 Å². The molecule has 0 radical (unpaired) electrons. The van der Waals surface area contributed by atoms with Gasteiger partial charge in [-0.1, -0.05) is 12.1 Å². The quantitative estimate of drug-likeness (QED) is 0.771. The van der Waals surface area contributed by atoms with Gasteiger partial charge in [0.2, 0.25) is 0 Å². The molecule has 22 heavy (non-hydrogen) atoms. The van der Waals surface area contributed by atoms with Crippen molar-refractivity contribution in [2.24, 2.45) is 0 Å². The Morgan fingerprint density at radius 2 is 2.14 bits per heavy atom. The first-order valence-electron chi connectivity index (χ1n) is 6.65. The van der Waals surface area contributed by atoms with Crippen LogP contribution in [0.15, 0.2) is 29.1 Å². The normalized spacial score (nSPS) is 13.4. The minimum Gasteiger partial charge on any atom is -0.468 e. The fourth-order valence-corrected chi connectivity index (χ4v) is 2.40. The molecule has 2 aromatic rings. The average molecular weight is 302 g/mol. The highest BCUT2D eigenvalue weighted by Crippen LogP contribution is 2.23. The van der Waals surface area contributed by atoms with E-state index >= 15 is 0 Å². The molecule has 0 saturated carbocycles. The van der Waals surface area contributed by atoms with Gasteiger partial charge < -0.3 is 4.74 Å². The van der Waals surface area contributed by atoms with Gasteiger partial charge in [-0.3, -0.25) is 9.69 Å². The zero-order chi connectivity index (χ0) is 15.9. The van der Waals surface area contributed by atoms with E-state index in [9.17, 15) is 14.4 Å². The van der Waals surface area contributed by atoms with Gasteiger partial charge in [0.1, 0.15) is 6.54 Å². The number of ether oxygens (including phenoxy) is 1. The van der Waals surface area contributed by atoms with Crippen molar-refractivity contribution in [3.8, 4) is 0 Å². The van der Waals surface area contributed by atoms with Crippen LogP contribution >= 0.6 is 0 Å². The molecule has 1 aromatic heterocycles. The van der Waals surface area contributed by atoms with Crippen LogP contribution in [-0.2, 0) is 22.6 Å². The van der Waals surface area contributed by atoms with Crippen molar-refractivity contribution >= 4 is 17.7 Å². The lowest BCUT2D eigenvalue weighted by molar-refractivity contribution is -0.141. The van der Waals surface area contributed by atoms with E-state index in [2.05, 4.69) is 9.72 Å². The van der Waals surface area contributed by atoms with Crippen LogP contribution < -0.4 is 10.6 Å². The predicted octanol–water partition coefficient (Wildman–Crippen LogP) is 0.515. The predicted molar refractivity (Wildman–Crippen MR) is 76.7 cm³/mol. The van der Waals surface area contributed by atoms with Gasteiger partial charge in [-0.25, -0.2) is 14.3 Å². The summed E-state index contributed by atoms with van der Waals surface area (Å²) in [5.41, 5.74) is 1.09. The van der Waals surface area contributed by atoms with Crippen LogP contribution in [0.2, 0.25) is 0 Å². The van der Waals surface area contributed by atoms with Gasteiger partial charge in [0, 0.05) is 5.69 Å². The van der Waals surface area contributed by atoms with E-state index in [1.54, 1.807) is 6.07 Å². The molecule has 8 nitrogen and oxygen atoms in total. The van der Waals surface area contributed by atoms with Crippen molar-refractivity contribution in [2.45, 2.75) is 20.0 Å². The molecule has 1 aliphatic rings. The maximum absolute atomic E-state index is 12.5. The maximum Gasteiger partial charge on any atom is 0.365 e. The highest BCUT2D eigenvalue weighted by Gasteiger charge is 2.33. The summed E-state index contributed by atoms with van der Waals surface area (Å²) in [6.45, 7) is 1.76. The number of hydrogen-bond donors (Lipinski definition) is 0. The van der Waals surface area contributed by atoms with E-state index in [-0.39, 0.29) is 13.1 Å². The summed E-state index contributed by atoms with van der Waals surface area (Å²) in [4.78, 5) is 41.1. The number of nitrogens with zero attached hydrogens (tertiary/aromatic N) is 4. The maximum atomic E-state index is 12.5. The number of fused-ring (bicyclic) bond motifs is 1. The number of rotatable bonds is 3. The van der Waals surface area contributed by atoms with Crippen LogP contribution in [0, 0.1) is 6.92 Å². The molecule has 1 aromatic carbocycles. The Labute approximate surface area is 125 Å². The summed E-state index contributed by atoms with van der Waals surface area (Å²) >= 11 is 0. The van der Waals surface area contributed by atoms with Crippen LogP contribution in [0.3, 0.4) is 0 Å². The Bertz CT molecular complexity index is 820. The fraction of sp³-hybridized carbons (Fsp3) is 0.286. The molecule has 0 atom stereocenters. The first kappa shape index (κ1) is 14.1. The van der Waals surface area contributed by atoms with Crippen molar-refractivity contribution in [1.82, 2.24) is 14.3 Å². The van der Waals surface area contributed by atoms with Crippen molar-refractivity contribution in [3.05, 3.63) is 46.1 Å². The zero-order valence-corrected chi connectivity index (χ0v) is 12.1. The summed E-state index contributed by atoms with van der Waals surface area (Å²) < 4.78 is 6.65. The number of hydrogen-bond acceptors (Lipinski definition) is 5. The van der Waals surface area contributed by atoms with Gasteiger partial charge in [-0.05, 0) is 24.6 Å². The molecular weight excluding hydrogens is 288 g/mol. The Balaban J connectivity index is 1.98. The second-order valence-electron chi connectivity index (χ2n) is 4.96. The first-order chi connectivity index (χ1) is 10.5. The van der Waals surface area contributed by atoms with Crippen LogP contribution in [0.1, 0.15) is 11.4 Å². The van der Waals surface area contributed by atoms with Crippen molar-refractivity contribution in [1.29, 1.82) is 0 Å². The number of anilines is 1. The molecule has 0 aliphatic carbocycles. The van der Waals surface area contributed by atoms with Gasteiger partial charge in [-0.15, -0.1) is 0 Å². The Morgan fingerprint density at radius 3 is 2.82 bits per heavy atom. The Hall–Kier alpha value is -2.90.